The van der Waals surface area contributed by atoms with Crippen molar-refractivity contribution in [3.63, 3.8) is 0 Å². The Bertz CT molecular complexity index is 2210. The van der Waals surface area contributed by atoms with Crippen molar-refractivity contribution >= 4 is 24.2 Å². The van der Waals surface area contributed by atoms with Crippen LogP contribution >= 0.6 is 15.9 Å². The lowest BCUT2D eigenvalue weighted by Gasteiger charge is -2.43. The molecule has 1 aliphatic heterocycles. The fourth-order valence-corrected chi connectivity index (χ4v) is 8.38. The van der Waals surface area contributed by atoms with E-state index in [1.165, 1.54) is 0 Å². The summed E-state index contributed by atoms with van der Waals surface area (Å²) in [7, 11) is -2.30. The van der Waals surface area contributed by atoms with Crippen LogP contribution in [0.3, 0.4) is 0 Å². The van der Waals surface area contributed by atoms with E-state index in [9.17, 15) is 0 Å². The molecule has 57 heavy (non-hydrogen) atoms. The average molecular weight is 844 g/mol. The molecule has 6 aromatic rings. The first-order valence-corrected chi connectivity index (χ1v) is 23.2. The van der Waals surface area contributed by atoms with Gasteiger partial charge in [-0.05, 0) is 74.0 Å². The summed E-state index contributed by atoms with van der Waals surface area (Å²) >= 11 is 3.92. The molecule has 7 rings (SSSR count). The van der Waals surface area contributed by atoms with Crippen LogP contribution in [0.25, 0.3) is 0 Å². The minimum absolute atomic E-state index is 0.0285. The fourth-order valence-electron chi connectivity index (χ4n) is 6.50. The molecule has 2 atom stereocenters. The zero-order chi connectivity index (χ0) is 39.8. The highest BCUT2D eigenvalue weighted by atomic mass is 79.9. The first kappa shape index (κ1) is 40.2. The quantitative estimate of drug-likeness (QED) is 0.0960. The van der Waals surface area contributed by atoms with Gasteiger partial charge in [-0.1, -0.05) is 148 Å². The van der Waals surface area contributed by atoms with Gasteiger partial charge in [0.2, 0.25) is 0 Å². The monoisotopic (exact) mass is 842 g/mol. The predicted molar refractivity (Wildman–Crippen MR) is 233 cm³/mol. The van der Waals surface area contributed by atoms with Crippen LogP contribution in [0.5, 0.6) is 28.7 Å². The van der Waals surface area contributed by atoms with Gasteiger partial charge in [0, 0.05) is 18.1 Å². The minimum Gasteiger partial charge on any atom is -0.488 e. The summed E-state index contributed by atoms with van der Waals surface area (Å²) in [5.74, 6) is 3.32. The molecule has 1 heterocycles. The number of hydrogen-bond donors (Lipinski definition) is 0. The summed E-state index contributed by atoms with van der Waals surface area (Å²) in [6.07, 6.45) is -0.226. The molecule has 0 radical (unpaired) electrons. The summed E-state index contributed by atoms with van der Waals surface area (Å²) in [6, 6.07) is 48.8. The van der Waals surface area contributed by atoms with Crippen molar-refractivity contribution in [2.24, 2.45) is 0 Å². The third-order valence-corrected chi connectivity index (χ3v) is 16.0. The zero-order valence-corrected chi connectivity index (χ0v) is 36.0. The third kappa shape index (κ3) is 10.1. The Balaban J connectivity index is 1.28. The highest BCUT2D eigenvalue weighted by Gasteiger charge is 2.44. The molecular weight excluding hydrogens is 793 g/mol. The van der Waals surface area contributed by atoms with Crippen molar-refractivity contribution in [1.82, 2.24) is 0 Å². The van der Waals surface area contributed by atoms with Gasteiger partial charge in [0.15, 0.2) is 19.8 Å². The molecule has 294 valence electrons. The molecule has 0 saturated heterocycles. The summed E-state index contributed by atoms with van der Waals surface area (Å²) in [5.41, 5.74) is 6.14. The van der Waals surface area contributed by atoms with Crippen molar-refractivity contribution in [3.05, 3.63) is 183 Å². The van der Waals surface area contributed by atoms with E-state index in [-0.39, 0.29) is 11.1 Å². The van der Waals surface area contributed by atoms with Gasteiger partial charge >= 0.3 is 0 Å². The van der Waals surface area contributed by atoms with Crippen LogP contribution in [0.2, 0.25) is 18.1 Å². The van der Waals surface area contributed by atoms with Crippen molar-refractivity contribution < 1.29 is 28.1 Å². The van der Waals surface area contributed by atoms with Crippen LogP contribution in [0.15, 0.2) is 150 Å². The van der Waals surface area contributed by atoms with Crippen molar-refractivity contribution in [2.75, 3.05) is 0 Å². The number of hydrogen-bond acceptors (Lipinski definition) is 6. The third-order valence-electron chi connectivity index (χ3n) is 10.7. The summed E-state index contributed by atoms with van der Waals surface area (Å²) < 4.78 is 41.3. The molecular formula is C49H51BrO6Si. The van der Waals surface area contributed by atoms with Crippen molar-refractivity contribution in [1.29, 1.82) is 0 Å². The van der Waals surface area contributed by atoms with Crippen LogP contribution in [0.4, 0.5) is 0 Å². The SMILES string of the molecule is CC(C)(C)[Si](C)(C)OC1Cc2c(OCc3ccccc3)cc(OCc3ccccc3)c(Br)c2OC1c1ccc(OCc2ccccc2)c(OCc2ccccc2)c1. The number of ether oxygens (including phenoxy) is 5. The lowest BCUT2D eigenvalue weighted by molar-refractivity contribution is 0.0264. The highest BCUT2D eigenvalue weighted by Crippen LogP contribution is 2.51. The van der Waals surface area contributed by atoms with E-state index in [4.69, 9.17) is 28.1 Å². The Kier molecular flexibility index (Phi) is 12.7. The maximum atomic E-state index is 7.30. The number of rotatable bonds is 15. The maximum Gasteiger partial charge on any atom is 0.192 e. The largest absolute Gasteiger partial charge is 0.488 e. The van der Waals surface area contributed by atoms with E-state index in [2.05, 4.69) is 110 Å². The summed E-state index contributed by atoms with van der Waals surface area (Å²) in [4.78, 5) is 0. The summed E-state index contributed by atoms with van der Waals surface area (Å²) in [6.45, 7) is 13.0. The van der Waals surface area contributed by atoms with Gasteiger partial charge in [0.05, 0.1) is 6.10 Å². The number of halogens is 1. The Morgan fingerprint density at radius 1 is 0.561 bits per heavy atom. The Morgan fingerprint density at radius 2 is 1.00 bits per heavy atom. The molecule has 0 bridgehead atoms. The highest BCUT2D eigenvalue weighted by molar-refractivity contribution is 9.10. The lowest BCUT2D eigenvalue weighted by Crippen LogP contribution is -2.47. The molecule has 0 N–H and O–H groups in total. The first-order chi connectivity index (χ1) is 27.5. The van der Waals surface area contributed by atoms with Crippen LogP contribution in [0, 0.1) is 0 Å². The van der Waals surface area contributed by atoms with E-state index in [1.807, 2.05) is 84.9 Å². The van der Waals surface area contributed by atoms with Gasteiger partial charge < -0.3 is 28.1 Å². The Labute approximate surface area is 347 Å². The van der Waals surface area contributed by atoms with Gasteiger partial charge in [-0.15, -0.1) is 0 Å². The molecule has 0 aromatic heterocycles. The van der Waals surface area contributed by atoms with E-state index in [1.54, 1.807) is 0 Å². The molecule has 1 aliphatic rings. The van der Waals surface area contributed by atoms with Gasteiger partial charge in [0.1, 0.15) is 54.3 Å². The standard InChI is InChI=1S/C49H51BrO6Si/c1-49(2,3)57(4,5)56-45-29-40-42(52-32-36-20-12-7-13-21-36)30-44(54-34-38-24-16-9-17-25-38)46(50)48(40)55-47(45)39-26-27-41(51-31-35-18-10-6-11-19-35)43(28-39)53-33-37-22-14-8-15-23-37/h6-28,30,45,47H,29,31-34H2,1-5H3. The molecule has 0 saturated carbocycles. The van der Waals surface area contributed by atoms with Crippen LogP contribution in [0.1, 0.15) is 60.3 Å². The van der Waals surface area contributed by atoms with Crippen LogP contribution in [-0.4, -0.2) is 14.4 Å². The number of fused-ring (bicyclic) bond motifs is 1. The van der Waals surface area contributed by atoms with Crippen molar-refractivity contribution in [3.8, 4) is 28.7 Å². The summed E-state index contributed by atoms with van der Waals surface area (Å²) in [5, 5.41) is -0.0285. The lowest BCUT2D eigenvalue weighted by atomic mass is 9.93. The maximum absolute atomic E-state index is 7.30. The van der Waals surface area contributed by atoms with Gasteiger partial charge in [-0.2, -0.15) is 0 Å². The van der Waals surface area contributed by atoms with E-state index >= 15 is 0 Å². The van der Waals surface area contributed by atoms with Gasteiger partial charge in [0.25, 0.3) is 0 Å². The Hall–Kier alpha value is -5.02. The van der Waals surface area contributed by atoms with E-state index in [0.717, 1.165) is 37.9 Å². The van der Waals surface area contributed by atoms with Gasteiger partial charge in [-0.3, -0.25) is 0 Å². The fraction of sp³-hybridized carbons (Fsp3) is 0.265. The topological polar surface area (TPSA) is 55.4 Å². The Morgan fingerprint density at radius 3 is 1.47 bits per heavy atom. The second-order valence-corrected chi connectivity index (χ2v) is 21.5. The smallest absolute Gasteiger partial charge is 0.192 e. The number of benzene rings is 6. The second-order valence-electron chi connectivity index (χ2n) is 16.0. The van der Waals surface area contributed by atoms with Crippen molar-refractivity contribution in [2.45, 2.75) is 84.0 Å². The molecule has 6 aromatic carbocycles. The minimum atomic E-state index is -2.30. The van der Waals surface area contributed by atoms with Crippen LogP contribution in [-0.2, 0) is 37.3 Å². The molecule has 0 fully saturated rings. The molecule has 0 spiro atoms. The molecule has 8 heteroatoms. The first-order valence-electron chi connectivity index (χ1n) is 19.5. The zero-order valence-electron chi connectivity index (χ0n) is 33.4. The molecule has 6 nitrogen and oxygen atoms in total. The second kappa shape index (κ2) is 18.1. The van der Waals surface area contributed by atoms with Gasteiger partial charge in [-0.25, -0.2) is 0 Å². The van der Waals surface area contributed by atoms with Crippen LogP contribution < -0.4 is 23.7 Å². The van der Waals surface area contributed by atoms with E-state index < -0.39 is 14.4 Å². The molecule has 0 amide bonds. The van der Waals surface area contributed by atoms with E-state index in [0.29, 0.717) is 61.6 Å². The average Bonchev–Trinajstić information content (AvgIpc) is 3.22. The molecule has 2 unspecified atom stereocenters. The predicted octanol–water partition coefficient (Wildman–Crippen LogP) is 12.8. The normalized spacial score (nSPS) is 15.3. The molecule has 0 aliphatic carbocycles.